The van der Waals surface area contributed by atoms with Gasteiger partial charge in [-0.15, -0.1) is 0 Å². The summed E-state index contributed by atoms with van der Waals surface area (Å²) in [4.78, 5) is 25.4. The van der Waals surface area contributed by atoms with Crippen molar-refractivity contribution in [1.82, 2.24) is 10.6 Å². The average Bonchev–Trinajstić information content (AvgIpc) is 2.87. The zero-order chi connectivity index (χ0) is 29.8. The Morgan fingerprint density at radius 3 is 1.68 bits per heavy atom. The lowest BCUT2D eigenvalue weighted by Crippen LogP contribution is -2.51. The van der Waals surface area contributed by atoms with E-state index in [0.717, 1.165) is 32.1 Å². The van der Waals surface area contributed by atoms with Gasteiger partial charge in [-0.25, -0.2) is 9.59 Å². The Hall–Kier alpha value is -3.02. The lowest BCUT2D eigenvalue weighted by Gasteiger charge is -2.46. The van der Waals surface area contributed by atoms with Crippen LogP contribution in [0.2, 0.25) is 0 Å². The molecule has 2 N–H and O–H groups in total. The molecule has 2 unspecified atom stereocenters. The van der Waals surface area contributed by atoms with Crippen LogP contribution in [0.5, 0.6) is 11.5 Å². The van der Waals surface area contributed by atoms with Crippen LogP contribution < -0.4 is 20.1 Å². The maximum atomic E-state index is 12.8. The van der Waals surface area contributed by atoms with Gasteiger partial charge in [0.1, 0.15) is 11.5 Å². The number of nitrogens with one attached hydrogen (secondary N) is 2. The second kappa shape index (κ2) is 12.2. The number of rotatable bonds is 9. The molecule has 2 atom stereocenters. The summed E-state index contributed by atoms with van der Waals surface area (Å²) in [6.45, 7) is 20.2. The van der Waals surface area contributed by atoms with Crippen LogP contribution >= 0.6 is 0 Å². The standard InChI is InChI=1S/C34H50N2O4/c1-10-32(5,6)24-12-16-27(17-13-24)39-29(37)35-23-34(9)21-26(20-31(3,4)22-34)36-30(38)40-28-18-14-25(15-19-28)33(7,8)11-2/h12-19,26H,10-11,20-23H2,1-9H3,(H,35,37)(H,36,38). The van der Waals surface area contributed by atoms with E-state index in [9.17, 15) is 9.59 Å². The molecule has 220 valence electrons. The first-order valence-corrected chi connectivity index (χ1v) is 14.7. The first-order chi connectivity index (χ1) is 18.6. The Morgan fingerprint density at radius 1 is 0.775 bits per heavy atom. The number of benzene rings is 2. The summed E-state index contributed by atoms with van der Waals surface area (Å²) in [5.41, 5.74) is 2.38. The molecular weight excluding hydrogens is 500 g/mol. The molecule has 40 heavy (non-hydrogen) atoms. The Kier molecular flexibility index (Phi) is 9.64. The fraction of sp³-hybridized carbons (Fsp3) is 0.588. The van der Waals surface area contributed by atoms with Crippen LogP contribution in [-0.2, 0) is 10.8 Å². The van der Waals surface area contributed by atoms with Crippen molar-refractivity contribution >= 4 is 12.2 Å². The monoisotopic (exact) mass is 550 g/mol. The van der Waals surface area contributed by atoms with Gasteiger partial charge in [0.05, 0.1) is 0 Å². The van der Waals surface area contributed by atoms with Crippen LogP contribution in [0.1, 0.15) is 106 Å². The fourth-order valence-corrected chi connectivity index (χ4v) is 5.96. The molecule has 0 heterocycles. The number of carbonyl (C=O) groups is 2. The second-order valence-corrected chi connectivity index (χ2v) is 14.1. The topological polar surface area (TPSA) is 76.7 Å². The summed E-state index contributed by atoms with van der Waals surface area (Å²) in [6.07, 6.45) is 3.63. The van der Waals surface area contributed by atoms with Crippen molar-refractivity contribution in [2.24, 2.45) is 10.8 Å². The summed E-state index contributed by atoms with van der Waals surface area (Å²) in [5, 5.41) is 6.04. The van der Waals surface area contributed by atoms with E-state index in [1.165, 1.54) is 11.1 Å². The third kappa shape index (κ3) is 8.49. The number of amides is 2. The number of carbonyl (C=O) groups excluding carboxylic acids is 2. The van der Waals surface area contributed by atoms with Gasteiger partial charge in [0.15, 0.2) is 0 Å². The molecule has 3 rings (SSSR count). The molecule has 0 radical (unpaired) electrons. The number of ether oxygens (including phenoxy) is 2. The molecule has 2 aromatic carbocycles. The van der Waals surface area contributed by atoms with Gasteiger partial charge in [0.2, 0.25) is 0 Å². The van der Waals surface area contributed by atoms with E-state index >= 15 is 0 Å². The van der Waals surface area contributed by atoms with Gasteiger partial charge in [0.25, 0.3) is 0 Å². The van der Waals surface area contributed by atoms with Gasteiger partial charge in [-0.3, -0.25) is 0 Å². The summed E-state index contributed by atoms with van der Waals surface area (Å²) < 4.78 is 11.2. The van der Waals surface area contributed by atoms with E-state index in [-0.39, 0.29) is 27.7 Å². The molecule has 2 amide bonds. The van der Waals surface area contributed by atoms with Crippen molar-refractivity contribution in [2.75, 3.05) is 6.54 Å². The normalized spacial score (nSPS) is 20.9. The van der Waals surface area contributed by atoms with Crippen molar-refractivity contribution in [2.45, 2.75) is 111 Å². The van der Waals surface area contributed by atoms with E-state index < -0.39 is 12.2 Å². The highest BCUT2D eigenvalue weighted by Crippen LogP contribution is 2.46. The Balaban J connectivity index is 1.55. The van der Waals surface area contributed by atoms with E-state index in [4.69, 9.17) is 9.47 Å². The third-order valence-corrected chi connectivity index (χ3v) is 8.89. The largest absolute Gasteiger partial charge is 0.412 e. The zero-order valence-corrected chi connectivity index (χ0v) is 26.1. The van der Waals surface area contributed by atoms with E-state index in [2.05, 4.69) is 72.9 Å². The zero-order valence-electron chi connectivity index (χ0n) is 26.1. The lowest BCUT2D eigenvalue weighted by molar-refractivity contribution is 0.0701. The van der Waals surface area contributed by atoms with Crippen LogP contribution in [-0.4, -0.2) is 24.8 Å². The van der Waals surface area contributed by atoms with Gasteiger partial charge in [-0.1, -0.05) is 86.6 Å². The Labute approximate surface area is 241 Å². The predicted octanol–water partition coefficient (Wildman–Crippen LogP) is 8.52. The number of hydrogen-bond acceptors (Lipinski definition) is 4. The first-order valence-electron chi connectivity index (χ1n) is 14.7. The minimum Gasteiger partial charge on any atom is -0.410 e. The van der Waals surface area contributed by atoms with Crippen molar-refractivity contribution in [1.29, 1.82) is 0 Å². The van der Waals surface area contributed by atoms with Crippen molar-refractivity contribution in [3.8, 4) is 11.5 Å². The van der Waals surface area contributed by atoms with Gasteiger partial charge in [0, 0.05) is 12.6 Å². The van der Waals surface area contributed by atoms with Crippen molar-refractivity contribution < 1.29 is 19.1 Å². The highest BCUT2D eigenvalue weighted by atomic mass is 16.6. The molecule has 0 aromatic heterocycles. The second-order valence-electron chi connectivity index (χ2n) is 14.1. The molecule has 6 nitrogen and oxygen atoms in total. The third-order valence-electron chi connectivity index (χ3n) is 8.89. The first kappa shape index (κ1) is 31.5. The minimum absolute atomic E-state index is 0.00811. The van der Waals surface area contributed by atoms with Gasteiger partial charge in [-0.2, -0.15) is 0 Å². The molecule has 1 aliphatic rings. The summed E-state index contributed by atoms with van der Waals surface area (Å²) in [5.74, 6) is 1.05. The Bertz CT molecular complexity index is 1150. The quantitative estimate of drug-likeness (QED) is 0.328. The van der Waals surface area contributed by atoms with Crippen LogP contribution in [0, 0.1) is 10.8 Å². The average molecular weight is 551 g/mol. The summed E-state index contributed by atoms with van der Waals surface area (Å²) >= 11 is 0. The van der Waals surface area contributed by atoms with Gasteiger partial charge < -0.3 is 20.1 Å². The molecule has 0 saturated heterocycles. The summed E-state index contributed by atoms with van der Waals surface area (Å²) in [7, 11) is 0. The number of hydrogen-bond donors (Lipinski definition) is 2. The van der Waals surface area contributed by atoms with E-state index in [1.807, 2.05) is 48.5 Å². The minimum atomic E-state index is -0.467. The molecule has 1 aliphatic carbocycles. The van der Waals surface area contributed by atoms with Crippen LogP contribution in [0.25, 0.3) is 0 Å². The maximum Gasteiger partial charge on any atom is 0.412 e. The SMILES string of the molecule is CCC(C)(C)c1ccc(OC(=O)NCC2(C)CC(NC(=O)Oc3ccc(C(C)(C)CC)cc3)CC(C)(C)C2)cc1. The van der Waals surface area contributed by atoms with E-state index in [1.54, 1.807) is 0 Å². The van der Waals surface area contributed by atoms with Gasteiger partial charge >= 0.3 is 12.2 Å². The molecule has 1 fully saturated rings. The highest BCUT2D eigenvalue weighted by molar-refractivity contribution is 5.71. The van der Waals surface area contributed by atoms with Gasteiger partial charge in [-0.05, 0) is 89.2 Å². The highest BCUT2D eigenvalue weighted by Gasteiger charge is 2.42. The van der Waals surface area contributed by atoms with Crippen LogP contribution in [0.15, 0.2) is 48.5 Å². The van der Waals surface area contributed by atoms with Crippen LogP contribution in [0.4, 0.5) is 9.59 Å². The predicted molar refractivity (Wildman–Crippen MR) is 162 cm³/mol. The lowest BCUT2D eigenvalue weighted by atomic mass is 9.62. The summed E-state index contributed by atoms with van der Waals surface area (Å²) in [6, 6.07) is 15.4. The molecule has 0 bridgehead atoms. The van der Waals surface area contributed by atoms with E-state index in [0.29, 0.717) is 18.0 Å². The van der Waals surface area contributed by atoms with Crippen molar-refractivity contribution in [3.63, 3.8) is 0 Å². The smallest absolute Gasteiger partial charge is 0.410 e. The molecule has 1 saturated carbocycles. The van der Waals surface area contributed by atoms with Crippen molar-refractivity contribution in [3.05, 3.63) is 59.7 Å². The fourth-order valence-electron chi connectivity index (χ4n) is 5.96. The van der Waals surface area contributed by atoms with Crippen LogP contribution in [0.3, 0.4) is 0 Å². The molecule has 2 aromatic rings. The molecule has 6 heteroatoms. The maximum absolute atomic E-state index is 12.8. The molecule has 0 spiro atoms. The Morgan fingerprint density at radius 2 is 1.23 bits per heavy atom. The molecular formula is C34H50N2O4. The molecule has 0 aliphatic heterocycles.